The van der Waals surface area contributed by atoms with Crippen LogP contribution in [0.2, 0.25) is 0 Å². The number of hydrogen-bond donors (Lipinski definition) is 2. The molecule has 3 N–H and O–H groups in total. The largest absolute Gasteiger partial charge is 0.378 e. The second-order valence-corrected chi connectivity index (χ2v) is 8.91. The summed E-state index contributed by atoms with van der Waals surface area (Å²) in [7, 11) is 0. The van der Waals surface area contributed by atoms with E-state index in [0.717, 1.165) is 4.90 Å². The lowest BCUT2D eigenvalue weighted by Gasteiger charge is -2.27. The van der Waals surface area contributed by atoms with Gasteiger partial charge in [0.2, 0.25) is 11.8 Å². The molecule has 14 heteroatoms. The van der Waals surface area contributed by atoms with Gasteiger partial charge in [0.15, 0.2) is 0 Å². The van der Waals surface area contributed by atoms with Crippen molar-refractivity contribution in [2.75, 3.05) is 85.8 Å². The monoisotopic (exact) mass is 611 g/mol. The molecule has 2 aliphatic heterocycles. The minimum atomic E-state index is -1.00. The number of fused-ring (bicyclic) bond motifs is 1. The number of nitrogens with zero attached hydrogens (tertiary/aromatic N) is 1. The highest BCUT2D eigenvalue weighted by atomic mass is 35.5. The predicted octanol–water partition coefficient (Wildman–Crippen LogP) is -0.0806. The van der Waals surface area contributed by atoms with Crippen LogP contribution in [0.3, 0.4) is 0 Å². The van der Waals surface area contributed by atoms with E-state index < -0.39 is 29.7 Å². The van der Waals surface area contributed by atoms with Crippen LogP contribution in [0.5, 0.6) is 0 Å². The molecule has 13 nitrogen and oxygen atoms in total. The summed E-state index contributed by atoms with van der Waals surface area (Å²) in [5, 5.41) is 2.18. The Balaban J connectivity index is 0.00000616. The maximum atomic E-state index is 12.9. The molecule has 0 saturated carbocycles. The van der Waals surface area contributed by atoms with Gasteiger partial charge in [0, 0.05) is 18.5 Å². The lowest BCUT2D eigenvalue weighted by molar-refractivity contribution is -0.136. The van der Waals surface area contributed by atoms with E-state index in [2.05, 4.69) is 17.2 Å². The van der Waals surface area contributed by atoms with Crippen LogP contribution in [0.1, 0.15) is 39.1 Å². The van der Waals surface area contributed by atoms with Gasteiger partial charge in [-0.15, -0.1) is 12.4 Å². The third-order valence-corrected chi connectivity index (χ3v) is 5.97. The van der Waals surface area contributed by atoms with E-state index in [1.807, 2.05) is 0 Å². The van der Waals surface area contributed by atoms with Crippen LogP contribution in [0, 0.1) is 11.8 Å². The van der Waals surface area contributed by atoms with Crippen LogP contribution in [0.4, 0.5) is 0 Å². The number of benzene rings is 1. The maximum absolute atomic E-state index is 12.9. The highest BCUT2D eigenvalue weighted by Crippen LogP contribution is 2.28. The molecule has 42 heavy (non-hydrogen) atoms. The van der Waals surface area contributed by atoms with Crippen molar-refractivity contribution in [1.82, 2.24) is 10.2 Å². The second-order valence-electron chi connectivity index (χ2n) is 8.91. The fourth-order valence-electron chi connectivity index (χ4n) is 3.99. The first-order chi connectivity index (χ1) is 20.0. The minimum absolute atomic E-state index is 0. The molecule has 4 amide bonds. The molecule has 0 radical (unpaired) electrons. The second kappa shape index (κ2) is 20.1. The van der Waals surface area contributed by atoms with Crippen molar-refractivity contribution in [2.24, 2.45) is 5.73 Å². The van der Waals surface area contributed by atoms with Crippen LogP contribution in [0.25, 0.3) is 0 Å². The average Bonchev–Trinajstić information content (AvgIpc) is 3.21. The third kappa shape index (κ3) is 11.4. The highest BCUT2D eigenvalue weighted by molar-refractivity contribution is 6.23. The number of carbonyl (C=O) groups excluding carboxylic acids is 4. The van der Waals surface area contributed by atoms with Crippen molar-refractivity contribution in [3.05, 3.63) is 34.9 Å². The molecule has 1 unspecified atom stereocenters. The third-order valence-electron chi connectivity index (χ3n) is 5.97. The number of piperidine rings is 1. The zero-order valence-corrected chi connectivity index (χ0v) is 24.2. The van der Waals surface area contributed by atoms with E-state index in [0.29, 0.717) is 84.8 Å². The number of rotatable bonds is 19. The Morgan fingerprint density at radius 2 is 1.29 bits per heavy atom. The molecule has 1 fully saturated rings. The molecule has 1 aromatic carbocycles. The number of nitrogens with one attached hydrogen (secondary N) is 1. The molecule has 232 valence electrons. The molecule has 1 saturated heterocycles. The van der Waals surface area contributed by atoms with E-state index >= 15 is 0 Å². The first-order valence-corrected chi connectivity index (χ1v) is 13.5. The van der Waals surface area contributed by atoms with E-state index in [9.17, 15) is 19.2 Å². The zero-order valence-electron chi connectivity index (χ0n) is 23.4. The molecular formula is C28H38ClN3O10. The predicted molar refractivity (Wildman–Crippen MR) is 151 cm³/mol. The summed E-state index contributed by atoms with van der Waals surface area (Å²) in [6.45, 7) is 5.78. The molecule has 3 rings (SSSR count). The maximum Gasteiger partial charge on any atom is 0.262 e. The summed E-state index contributed by atoms with van der Waals surface area (Å²) in [5.74, 6) is 3.58. The van der Waals surface area contributed by atoms with Gasteiger partial charge in [0.05, 0.1) is 83.8 Å². The van der Waals surface area contributed by atoms with E-state index in [-0.39, 0.29) is 43.0 Å². The Bertz CT molecular complexity index is 1110. The molecule has 0 spiro atoms. The van der Waals surface area contributed by atoms with E-state index in [1.54, 1.807) is 6.07 Å². The van der Waals surface area contributed by atoms with Gasteiger partial charge in [-0.1, -0.05) is 11.8 Å². The molecule has 1 aromatic rings. The van der Waals surface area contributed by atoms with Crippen LogP contribution in [0.15, 0.2) is 18.2 Å². The van der Waals surface area contributed by atoms with Gasteiger partial charge in [0.25, 0.3) is 11.8 Å². The average molecular weight is 612 g/mol. The van der Waals surface area contributed by atoms with Crippen molar-refractivity contribution in [2.45, 2.75) is 18.9 Å². The van der Waals surface area contributed by atoms with Gasteiger partial charge in [0.1, 0.15) is 12.6 Å². The number of amides is 4. The van der Waals surface area contributed by atoms with Crippen molar-refractivity contribution in [1.29, 1.82) is 0 Å². The van der Waals surface area contributed by atoms with E-state index in [4.69, 9.17) is 34.2 Å². The Hall–Kier alpha value is -2.93. The van der Waals surface area contributed by atoms with Gasteiger partial charge in [-0.25, -0.2) is 0 Å². The van der Waals surface area contributed by atoms with Gasteiger partial charge in [-0.05, 0) is 24.6 Å². The topological polar surface area (TPSA) is 165 Å². The Morgan fingerprint density at radius 1 is 0.762 bits per heavy atom. The lowest BCUT2D eigenvalue weighted by atomic mass is 10.0. The number of imide groups is 2. The van der Waals surface area contributed by atoms with Crippen LogP contribution in [-0.2, 0) is 38.0 Å². The van der Waals surface area contributed by atoms with Gasteiger partial charge < -0.3 is 34.2 Å². The van der Waals surface area contributed by atoms with Gasteiger partial charge >= 0.3 is 0 Å². The quantitative estimate of drug-likeness (QED) is 0.122. The minimum Gasteiger partial charge on any atom is -0.378 e. The molecule has 0 aromatic heterocycles. The summed E-state index contributed by atoms with van der Waals surface area (Å²) in [6, 6.07) is 3.68. The summed E-state index contributed by atoms with van der Waals surface area (Å²) in [6.07, 6.45) is 0.176. The van der Waals surface area contributed by atoms with Crippen molar-refractivity contribution in [3.8, 4) is 11.8 Å². The van der Waals surface area contributed by atoms with Crippen molar-refractivity contribution < 1.29 is 47.6 Å². The number of ether oxygens (including phenoxy) is 6. The Labute approximate surface area is 251 Å². The van der Waals surface area contributed by atoms with Crippen LogP contribution in [-0.4, -0.2) is 120 Å². The van der Waals surface area contributed by atoms with Crippen molar-refractivity contribution >= 4 is 36.0 Å². The first-order valence-electron chi connectivity index (χ1n) is 13.5. The zero-order chi connectivity index (χ0) is 29.3. The number of nitrogens with two attached hydrogens (primary N) is 1. The summed E-state index contributed by atoms with van der Waals surface area (Å²) in [4.78, 5) is 50.1. The normalized spacial score (nSPS) is 16.1. The van der Waals surface area contributed by atoms with Gasteiger partial charge in [-0.3, -0.25) is 29.4 Å². The molecule has 0 aliphatic carbocycles. The van der Waals surface area contributed by atoms with Crippen LogP contribution >= 0.6 is 12.4 Å². The van der Waals surface area contributed by atoms with Gasteiger partial charge in [-0.2, -0.15) is 0 Å². The van der Waals surface area contributed by atoms with E-state index in [1.165, 1.54) is 12.1 Å². The highest BCUT2D eigenvalue weighted by Gasteiger charge is 2.44. The van der Waals surface area contributed by atoms with Crippen molar-refractivity contribution in [3.63, 3.8) is 0 Å². The molecule has 1 atom stereocenters. The molecular weight excluding hydrogens is 574 g/mol. The summed E-state index contributed by atoms with van der Waals surface area (Å²) < 4.78 is 32.2. The Kier molecular flexibility index (Phi) is 16.8. The fourth-order valence-corrected chi connectivity index (χ4v) is 3.99. The first kappa shape index (κ1) is 35.3. The summed E-state index contributed by atoms with van der Waals surface area (Å²) in [5.41, 5.74) is 6.25. The van der Waals surface area contributed by atoms with Crippen LogP contribution < -0.4 is 11.1 Å². The Morgan fingerprint density at radius 3 is 1.83 bits per heavy atom. The summed E-state index contributed by atoms with van der Waals surface area (Å²) >= 11 is 0. The standard InChI is InChI=1S/C28H37N3O10.ClH/c29-7-9-37-11-13-39-15-17-41-19-18-40-16-14-38-12-10-36-8-1-2-21-3-4-22-23(20-21)28(35)31(27(22)34)24-5-6-25(32)30-26(24)33;/h3-4,20,24H,5-19,29H2,(H,30,32,33);1H. The number of carbonyl (C=O) groups is 4. The smallest absolute Gasteiger partial charge is 0.262 e. The molecule has 0 bridgehead atoms. The number of hydrogen-bond acceptors (Lipinski definition) is 11. The SMILES string of the molecule is Cl.NCCOCCOCCOCCOCCOCCOCC#Cc1ccc2c(c1)C(=O)N(C1CCC(=O)NC1=O)C2=O. The fraction of sp³-hybridized carbons (Fsp3) is 0.571. The molecule has 2 aliphatic rings. The molecule has 2 heterocycles. The number of halogens is 1. The lowest BCUT2D eigenvalue weighted by Crippen LogP contribution is -2.54.